The van der Waals surface area contributed by atoms with Crippen LogP contribution in [0, 0.1) is 10.1 Å². The van der Waals surface area contributed by atoms with Crippen LogP contribution in [0.25, 0.3) is 11.1 Å². The van der Waals surface area contributed by atoms with Crippen LogP contribution in [0.1, 0.15) is 16.1 Å². The predicted octanol–water partition coefficient (Wildman–Crippen LogP) is 4.26. The van der Waals surface area contributed by atoms with Gasteiger partial charge in [0.25, 0.3) is 11.6 Å². The summed E-state index contributed by atoms with van der Waals surface area (Å²) in [6.07, 6.45) is -4.70. The third-order valence-electron chi connectivity index (χ3n) is 3.68. The van der Waals surface area contributed by atoms with Crippen LogP contribution in [0.4, 0.5) is 24.7 Å². The Morgan fingerprint density at radius 3 is 2.26 bits per heavy atom. The predicted molar refractivity (Wildman–Crippen MR) is 90.1 cm³/mol. The molecule has 3 rings (SSSR count). The lowest BCUT2D eigenvalue weighted by molar-refractivity contribution is -0.384. The lowest BCUT2D eigenvalue weighted by atomic mass is 10.0. The van der Waals surface area contributed by atoms with Gasteiger partial charge in [0.2, 0.25) is 0 Å². The van der Waals surface area contributed by atoms with Crippen molar-refractivity contribution in [3.05, 3.63) is 76.0 Å². The molecule has 10 heteroatoms. The second-order valence-electron chi connectivity index (χ2n) is 5.44. The maximum atomic E-state index is 13.3. The highest BCUT2D eigenvalue weighted by Gasteiger charge is 2.38. The molecule has 0 atom stereocenters. The lowest BCUT2D eigenvalue weighted by Crippen LogP contribution is -2.13. The van der Waals surface area contributed by atoms with E-state index in [1.165, 1.54) is 24.3 Å². The molecule has 0 fully saturated rings. The van der Waals surface area contributed by atoms with Gasteiger partial charge in [0.1, 0.15) is 5.69 Å². The number of anilines is 1. The summed E-state index contributed by atoms with van der Waals surface area (Å²) in [5.74, 6) is -1.04. The fraction of sp³-hybridized carbons (Fsp3) is 0.0588. The minimum atomic E-state index is -4.70. The summed E-state index contributed by atoms with van der Waals surface area (Å²) in [4.78, 5) is 22.4. The number of hydrogen-bond acceptors (Lipinski definition) is 4. The van der Waals surface area contributed by atoms with Gasteiger partial charge in [0, 0.05) is 17.7 Å². The fourth-order valence-corrected chi connectivity index (χ4v) is 2.44. The number of hydrogen-bond donors (Lipinski definition) is 2. The molecule has 0 spiro atoms. The number of nitro groups is 1. The van der Waals surface area contributed by atoms with Crippen LogP contribution in [0.2, 0.25) is 0 Å². The van der Waals surface area contributed by atoms with Crippen molar-refractivity contribution in [2.75, 3.05) is 5.32 Å². The zero-order valence-electron chi connectivity index (χ0n) is 13.4. The number of benzene rings is 2. The Labute approximate surface area is 150 Å². The first-order valence-electron chi connectivity index (χ1n) is 7.54. The molecule has 138 valence electrons. The number of aromatic amines is 1. The fourth-order valence-electron chi connectivity index (χ4n) is 2.44. The lowest BCUT2D eigenvalue weighted by Gasteiger charge is -2.09. The van der Waals surface area contributed by atoms with Crippen LogP contribution < -0.4 is 5.32 Å². The number of aromatic nitrogens is 2. The molecular formula is C17H11F3N4O3. The number of H-pyrrole nitrogens is 1. The minimum Gasteiger partial charge on any atom is -0.305 e. The van der Waals surface area contributed by atoms with Gasteiger partial charge in [-0.05, 0) is 17.7 Å². The molecule has 0 aliphatic rings. The molecule has 0 radical (unpaired) electrons. The first-order valence-corrected chi connectivity index (χ1v) is 7.54. The van der Waals surface area contributed by atoms with E-state index < -0.39 is 22.7 Å². The molecule has 3 aromatic rings. The molecule has 7 nitrogen and oxygen atoms in total. The minimum absolute atomic E-state index is 0.0381. The Hall–Kier alpha value is -3.69. The van der Waals surface area contributed by atoms with Gasteiger partial charge in [-0.1, -0.05) is 30.3 Å². The van der Waals surface area contributed by atoms with Crippen molar-refractivity contribution in [2.24, 2.45) is 0 Å². The highest BCUT2D eigenvalue weighted by Crippen LogP contribution is 2.39. The van der Waals surface area contributed by atoms with Crippen molar-refractivity contribution < 1.29 is 22.9 Å². The van der Waals surface area contributed by atoms with Gasteiger partial charge in [-0.25, -0.2) is 0 Å². The molecule has 1 heterocycles. The van der Waals surface area contributed by atoms with Crippen LogP contribution in [0.15, 0.2) is 54.6 Å². The summed E-state index contributed by atoms with van der Waals surface area (Å²) in [5.41, 5.74) is -1.34. The Kier molecular flexibility index (Phi) is 4.63. The number of non-ortho nitro benzene ring substituents is 1. The number of nitro benzene ring substituents is 1. The Bertz CT molecular complexity index is 983. The Morgan fingerprint density at radius 2 is 1.70 bits per heavy atom. The second-order valence-corrected chi connectivity index (χ2v) is 5.44. The largest absolute Gasteiger partial charge is 0.433 e. The van der Waals surface area contributed by atoms with E-state index >= 15 is 0 Å². The summed E-state index contributed by atoms with van der Waals surface area (Å²) in [6.45, 7) is 0. The van der Waals surface area contributed by atoms with Gasteiger partial charge in [-0.3, -0.25) is 20.0 Å². The van der Waals surface area contributed by atoms with Gasteiger partial charge in [0.05, 0.1) is 10.5 Å². The maximum absolute atomic E-state index is 13.3. The highest BCUT2D eigenvalue weighted by molar-refractivity contribution is 6.05. The maximum Gasteiger partial charge on any atom is 0.433 e. The quantitative estimate of drug-likeness (QED) is 0.525. The molecule has 27 heavy (non-hydrogen) atoms. The van der Waals surface area contributed by atoms with E-state index in [-0.39, 0.29) is 28.2 Å². The number of carbonyl (C=O) groups excluding carboxylic acids is 1. The molecule has 0 unspecified atom stereocenters. The monoisotopic (exact) mass is 376 g/mol. The summed E-state index contributed by atoms with van der Waals surface area (Å²) >= 11 is 0. The van der Waals surface area contributed by atoms with Gasteiger partial charge in [-0.15, -0.1) is 0 Å². The van der Waals surface area contributed by atoms with E-state index in [0.717, 1.165) is 12.1 Å². The van der Waals surface area contributed by atoms with Crippen molar-refractivity contribution in [1.29, 1.82) is 0 Å². The Morgan fingerprint density at radius 1 is 1.07 bits per heavy atom. The zero-order chi connectivity index (χ0) is 19.6. The molecule has 0 bridgehead atoms. The van der Waals surface area contributed by atoms with Gasteiger partial charge in [0.15, 0.2) is 5.82 Å². The summed E-state index contributed by atoms with van der Waals surface area (Å²) in [6, 6.07) is 12.3. The SMILES string of the molecule is O=C(Nc1n[nH]c(C(F)(F)F)c1-c1ccccc1)c1ccc([N+](=O)[O-])cc1. The van der Waals surface area contributed by atoms with Gasteiger partial charge >= 0.3 is 6.18 Å². The molecule has 2 N–H and O–H groups in total. The standard InChI is InChI=1S/C17H11F3N4O3/c18-17(19,20)14-13(10-4-2-1-3-5-10)15(23-22-14)21-16(25)11-6-8-12(9-7-11)24(26)27/h1-9H,(H2,21,22,23,25). The Balaban J connectivity index is 1.96. The molecule has 0 aliphatic carbocycles. The van der Waals surface area contributed by atoms with Crippen LogP contribution in [0.3, 0.4) is 0 Å². The average molecular weight is 376 g/mol. The van der Waals surface area contributed by atoms with Crippen LogP contribution in [-0.4, -0.2) is 21.0 Å². The zero-order valence-corrected chi connectivity index (χ0v) is 13.4. The van der Waals surface area contributed by atoms with E-state index in [2.05, 4.69) is 10.4 Å². The number of halogens is 3. The van der Waals surface area contributed by atoms with E-state index in [1.807, 2.05) is 5.10 Å². The smallest absolute Gasteiger partial charge is 0.305 e. The van der Waals surface area contributed by atoms with E-state index in [1.54, 1.807) is 18.2 Å². The van der Waals surface area contributed by atoms with Crippen LogP contribution in [-0.2, 0) is 6.18 Å². The number of amides is 1. The van der Waals surface area contributed by atoms with E-state index in [4.69, 9.17) is 0 Å². The number of alkyl halides is 3. The molecule has 0 aliphatic heterocycles. The van der Waals surface area contributed by atoms with Crippen molar-refractivity contribution in [3.8, 4) is 11.1 Å². The van der Waals surface area contributed by atoms with Gasteiger partial charge in [-0.2, -0.15) is 18.3 Å². The number of carbonyl (C=O) groups is 1. The van der Waals surface area contributed by atoms with Crippen molar-refractivity contribution in [3.63, 3.8) is 0 Å². The summed E-state index contributed by atoms with van der Waals surface area (Å²) in [5, 5.41) is 18.5. The summed E-state index contributed by atoms with van der Waals surface area (Å²) in [7, 11) is 0. The molecule has 1 aromatic heterocycles. The molecule has 0 saturated carbocycles. The highest BCUT2D eigenvalue weighted by atomic mass is 19.4. The molecular weight excluding hydrogens is 365 g/mol. The van der Waals surface area contributed by atoms with E-state index in [9.17, 15) is 28.1 Å². The van der Waals surface area contributed by atoms with Crippen molar-refractivity contribution >= 4 is 17.4 Å². The number of nitrogens with zero attached hydrogens (tertiary/aromatic N) is 2. The summed E-state index contributed by atoms with van der Waals surface area (Å²) < 4.78 is 39.8. The molecule has 2 aromatic carbocycles. The number of nitrogens with one attached hydrogen (secondary N) is 2. The van der Waals surface area contributed by atoms with Crippen LogP contribution in [0.5, 0.6) is 0 Å². The third-order valence-corrected chi connectivity index (χ3v) is 3.68. The normalized spacial score (nSPS) is 11.2. The van der Waals surface area contributed by atoms with Crippen molar-refractivity contribution in [2.45, 2.75) is 6.18 Å². The second kappa shape index (κ2) is 6.90. The molecule has 1 amide bonds. The van der Waals surface area contributed by atoms with Crippen molar-refractivity contribution in [1.82, 2.24) is 10.2 Å². The first kappa shape index (κ1) is 18.1. The first-order chi connectivity index (χ1) is 12.8. The number of rotatable bonds is 4. The van der Waals surface area contributed by atoms with Gasteiger partial charge < -0.3 is 5.32 Å². The average Bonchev–Trinajstić information content (AvgIpc) is 3.06. The molecule has 0 saturated heterocycles. The topological polar surface area (TPSA) is 101 Å². The van der Waals surface area contributed by atoms with E-state index in [0.29, 0.717) is 0 Å². The third kappa shape index (κ3) is 3.78. The van der Waals surface area contributed by atoms with Crippen LogP contribution >= 0.6 is 0 Å².